The third-order valence-corrected chi connectivity index (χ3v) is 4.06. The van der Waals surface area contributed by atoms with Crippen LogP contribution in [0.15, 0.2) is 75.1 Å². The fourth-order valence-electron chi connectivity index (χ4n) is 2.64. The van der Waals surface area contributed by atoms with Crippen LogP contribution in [0, 0.1) is 17.0 Å². The number of hydrogen-bond acceptors (Lipinski definition) is 8. The molecule has 0 fully saturated rings. The number of azo groups is 2. The predicted molar refractivity (Wildman–Crippen MR) is 107 cm³/mol. The van der Waals surface area contributed by atoms with Crippen LogP contribution < -0.4 is 5.73 Å². The first-order valence-corrected chi connectivity index (χ1v) is 8.52. The highest BCUT2D eigenvalue weighted by molar-refractivity contribution is 5.77. The number of imidazole rings is 1. The number of hydrogen-bond donors (Lipinski definition) is 2. The van der Waals surface area contributed by atoms with E-state index in [2.05, 4.69) is 30.5 Å². The molecule has 3 N–H and O–H groups in total. The number of non-ortho nitro benzene ring substituents is 1. The highest BCUT2D eigenvalue weighted by Crippen LogP contribution is 2.33. The number of H-pyrrole nitrogens is 1. The van der Waals surface area contributed by atoms with Gasteiger partial charge in [-0.15, -0.1) is 15.3 Å². The predicted octanol–water partition coefficient (Wildman–Crippen LogP) is 5.29. The average molecular weight is 389 g/mol. The molecule has 11 nitrogen and oxygen atoms in total. The lowest BCUT2D eigenvalue weighted by Crippen LogP contribution is -1.88. The van der Waals surface area contributed by atoms with Gasteiger partial charge in [0.2, 0.25) is 0 Å². The molecule has 0 atom stereocenters. The van der Waals surface area contributed by atoms with Gasteiger partial charge in [0, 0.05) is 12.1 Å². The van der Waals surface area contributed by atoms with Crippen LogP contribution in [-0.4, -0.2) is 19.5 Å². The number of nitrogen functional groups attached to an aromatic ring is 1. The minimum Gasteiger partial charge on any atom is -0.382 e. The van der Waals surface area contributed by atoms with Gasteiger partial charge in [-0.3, -0.25) is 15.2 Å². The first kappa shape index (κ1) is 18.0. The zero-order chi connectivity index (χ0) is 20.4. The van der Waals surface area contributed by atoms with Crippen LogP contribution in [0.4, 0.5) is 34.4 Å². The second-order valence-electron chi connectivity index (χ2n) is 6.06. The molecule has 11 heteroatoms. The van der Waals surface area contributed by atoms with Crippen LogP contribution in [-0.2, 0) is 0 Å². The first-order valence-electron chi connectivity index (χ1n) is 8.52. The number of nitro groups is 1. The molecule has 0 saturated carbocycles. The summed E-state index contributed by atoms with van der Waals surface area (Å²) in [7, 11) is 0. The molecule has 0 radical (unpaired) electrons. The van der Waals surface area contributed by atoms with Crippen LogP contribution in [0.25, 0.3) is 5.65 Å². The van der Waals surface area contributed by atoms with Crippen molar-refractivity contribution in [3.05, 3.63) is 70.4 Å². The molecule has 0 aliphatic carbocycles. The van der Waals surface area contributed by atoms with Gasteiger partial charge in [0.1, 0.15) is 5.82 Å². The topological polar surface area (TPSA) is 152 Å². The van der Waals surface area contributed by atoms with Crippen LogP contribution in [0.2, 0.25) is 0 Å². The van der Waals surface area contributed by atoms with E-state index in [4.69, 9.17) is 5.73 Å². The number of nitrogens with two attached hydrogens (primary N) is 1. The van der Waals surface area contributed by atoms with E-state index in [-0.39, 0.29) is 11.5 Å². The van der Waals surface area contributed by atoms with E-state index in [1.54, 1.807) is 11.4 Å². The maximum atomic E-state index is 10.7. The molecule has 4 aromatic rings. The monoisotopic (exact) mass is 389 g/mol. The Bertz CT molecular complexity index is 1240. The Morgan fingerprint density at radius 2 is 1.66 bits per heavy atom. The molecule has 0 amide bonds. The third-order valence-electron chi connectivity index (χ3n) is 4.06. The Morgan fingerprint density at radius 1 is 1.00 bits per heavy atom. The Hall–Kier alpha value is -4.41. The number of rotatable bonds is 5. The number of aromatic nitrogens is 3. The third kappa shape index (κ3) is 3.56. The lowest BCUT2D eigenvalue weighted by atomic mass is 10.3. The molecule has 144 valence electrons. The summed E-state index contributed by atoms with van der Waals surface area (Å²) in [6.07, 6.45) is 0. The van der Waals surface area contributed by atoms with Crippen molar-refractivity contribution in [2.75, 3.05) is 5.73 Å². The summed E-state index contributed by atoms with van der Waals surface area (Å²) in [6, 6.07) is 15.0. The normalized spacial score (nSPS) is 11.8. The number of anilines is 1. The minimum atomic E-state index is -0.479. The molecule has 0 bridgehead atoms. The van der Waals surface area contributed by atoms with Gasteiger partial charge in [-0.2, -0.15) is 5.11 Å². The highest BCUT2D eigenvalue weighted by Gasteiger charge is 2.17. The van der Waals surface area contributed by atoms with Crippen molar-refractivity contribution >= 4 is 40.0 Å². The summed E-state index contributed by atoms with van der Waals surface area (Å²) < 4.78 is 1.58. The van der Waals surface area contributed by atoms with Crippen molar-refractivity contribution < 1.29 is 4.92 Å². The fourth-order valence-corrected chi connectivity index (χ4v) is 2.64. The van der Waals surface area contributed by atoms with Crippen LogP contribution in [0.5, 0.6) is 0 Å². The van der Waals surface area contributed by atoms with Crippen molar-refractivity contribution in [3.8, 4) is 0 Å². The quantitative estimate of drug-likeness (QED) is 0.270. The Labute approximate surface area is 163 Å². The van der Waals surface area contributed by atoms with Gasteiger partial charge in [-0.05, 0) is 31.2 Å². The molecule has 4 rings (SSSR count). The second kappa shape index (κ2) is 7.31. The Balaban J connectivity index is 1.66. The van der Waals surface area contributed by atoms with E-state index in [0.29, 0.717) is 34.2 Å². The Kier molecular flexibility index (Phi) is 4.53. The Morgan fingerprint density at radius 3 is 2.34 bits per heavy atom. The van der Waals surface area contributed by atoms with Crippen molar-refractivity contribution in [1.82, 2.24) is 14.6 Å². The number of aryl methyl sites for hydroxylation is 1. The van der Waals surface area contributed by atoms with Crippen molar-refractivity contribution in [2.45, 2.75) is 6.92 Å². The molecular formula is C18H15N9O2. The number of nitrogens with one attached hydrogen (secondary N) is 1. The fraction of sp³-hybridized carbons (Fsp3) is 0.0556. The van der Waals surface area contributed by atoms with Gasteiger partial charge in [0.15, 0.2) is 17.2 Å². The molecule has 0 aliphatic rings. The highest BCUT2D eigenvalue weighted by atomic mass is 16.6. The number of fused-ring (bicyclic) bond motifs is 1. The summed E-state index contributed by atoms with van der Waals surface area (Å²) in [4.78, 5) is 14.7. The van der Waals surface area contributed by atoms with Crippen LogP contribution in [0.3, 0.4) is 0 Å². The van der Waals surface area contributed by atoms with E-state index in [1.807, 2.05) is 30.3 Å². The van der Waals surface area contributed by atoms with Gasteiger partial charge in [-0.1, -0.05) is 18.2 Å². The second-order valence-corrected chi connectivity index (χ2v) is 6.06. The molecule has 0 spiro atoms. The zero-order valence-electron chi connectivity index (χ0n) is 15.2. The molecule has 29 heavy (non-hydrogen) atoms. The summed E-state index contributed by atoms with van der Waals surface area (Å²) in [5.41, 5.74) is 8.58. The number of benzene rings is 2. The molecule has 0 unspecified atom stereocenters. The lowest BCUT2D eigenvalue weighted by molar-refractivity contribution is -0.384. The smallest absolute Gasteiger partial charge is 0.269 e. The number of aromatic amines is 1. The summed E-state index contributed by atoms with van der Waals surface area (Å²) in [5.74, 6) is 0.752. The number of nitrogens with zero attached hydrogens (tertiary/aromatic N) is 7. The van der Waals surface area contributed by atoms with Gasteiger partial charge < -0.3 is 5.73 Å². The van der Waals surface area contributed by atoms with E-state index in [9.17, 15) is 10.1 Å². The molecule has 0 saturated heterocycles. The van der Waals surface area contributed by atoms with Crippen molar-refractivity contribution in [2.24, 2.45) is 20.5 Å². The molecule has 2 aromatic carbocycles. The molecular weight excluding hydrogens is 374 g/mol. The SMILES string of the molecule is Cc1nc2c(N=Nc3ccc([N+](=O)[O-])cc3)c(N)[nH]n2c1N=Nc1ccccc1. The first-order chi connectivity index (χ1) is 14.0. The van der Waals surface area contributed by atoms with Crippen LogP contribution >= 0.6 is 0 Å². The summed E-state index contributed by atoms with van der Waals surface area (Å²) in [5, 5.41) is 30.4. The van der Waals surface area contributed by atoms with Gasteiger partial charge in [-0.25, -0.2) is 9.50 Å². The lowest BCUT2D eigenvalue weighted by Gasteiger charge is -1.93. The zero-order valence-corrected chi connectivity index (χ0v) is 15.2. The maximum absolute atomic E-state index is 10.7. The van der Waals surface area contributed by atoms with Crippen molar-refractivity contribution in [1.29, 1.82) is 0 Å². The van der Waals surface area contributed by atoms with E-state index >= 15 is 0 Å². The molecule has 0 aliphatic heterocycles. The number of nitro benzene ring substituents is 1. The van der Waals surface area contributed by atoms with Gasteiger partial charge >= 0.3 is 0 Å². The van der Waals surface area contributed by atoms with Crippen LogP contribution in [0.1, 0.15) is 5.69 Å². The van der Waals surface area contributed by atoms with E-state index < -0.39 is 4.92 Å². The maximum Gasteiger partial charge on any atom is 0.269 e. The summed E-state index contributed by atoms with van der Waals surface area (Å²) >= 11 is 0. The van der Waals surface area contributed by atoms with Crippen molar-refractivity contribution in [3.63, 3.8) is 0 Å². The largest absolute Gasteiger partial charge is 0.382 e. The van der Waals surface area contributed by atoms with E-state index in [1.165, 1.54) is 24.3 Å². The molecule has 2 aromatic heterocycles. The van der Waals surface area contributed by atoms with Gasteiger partial charge in [0.05, 0.1) is 22.0 Å². The van der Waals surface area contributed by atoms with Gasteiger partial charge in [0.25, 0.3) is 5.69 Å². The standard InChI is InChI=1S/C18H15N9O2/c1-11-17(24-22-12-5-3-2-4-6-12)26-18(20-11)15(16(19)25-26)23-21-13-7-9-14(10-8-13)27(28)29/h2-10,25H,19H2,1H3. The summed E-state index contributed by atoms with van der Waals surface area (Å²) in [6.45, 7) is 1.80. The average Bonchev–Trinajstić information content (AvgIpc) is 3.18. The minimum absolute atomic E-state index is 0.0233. The molecule has 2 heterocycles. The van der Waals surface area contributed by atoms with E-state index in [0.717, 1.165) is 0 Å².